The van der Waals surface area contributed by atoms with Crippen LogP contribution in [0.15, 0.2) is 36.5 Å². The van der Waals surface area contributed by atoms with Crippen molar-refractivity contribution >= 4 is 28.2 Å². The number of carboxylic acids is 1. The van der Waals surface area contributed by atoms with E-state index >= 15 is 0 Å². The topological polar surface area (TPSA) is 79.0 Å². The van der Waals surface area contributed by atoms with E-state index < -0.39 is 5.97 Å². The molecule has 2 N–H and O–H groups in total. The number of aromatic nitrogens is 1. The van der Waals surface area contributed by atoms with Gasteiger partial charge in [-0.05, 0) is 31.2 Å². The molecular formula is C15H11NO4. The van der Waals surface area contributed by atoms with Crippen molar-refractivity contribution in [2.24, 2.45) is 0 Å². The summed E-state index contributed by atoms with van der Waals surface area (Å²) in [5.41, 5.74) is 1.36. The van der Waals surface area contributed by atoms with E-state index in [1.54, 1.807) is 34.9 Å². The molecule has 5 nitrogen and oxygen atoms in total. The maximum absolute atomic E-state index is 11.5. The van der Waals surface area contributed by atoms with Crippen LogP contribution in [0.4, 0.5) is 0 Å². The number of nitrogens with zero attached hydrogens (tertiary/aromatic N) is 1. The van der Waals surface area contributed by atoms with Gasteiger partial charge in [-0.1, -0.05) is 6.07 Å². The summed E-state index contributed by atoms with van der Waals surface area (Å²) in [6.45, 7) is 1.40. The van der Waals surface area contributed by atoms with Crippen molar-refractivity contribution in [3.05, 3.63) is 47.7 Å². The molecule has 0 aliphatic heterocycles. The molecule has 5 heteroatoms. The Morgan fingerprint density at radius 2 is 1.90 bits per heavy atom. The first-order valence-electron chi connectivity index (χ1n) is 6.00. The third kappa shape index (κ3) is 1.56. The highest BCUT2D eigenvalue weighted by atomic mass is 16.4. The molecule has 3 rings (SSSR count). The first-order chi connectivity index (χ1) is 9.50. The largest absolute Gasteiger partial charge is 0.507 e. The summed E-state index contributed by atoms with van der Waals surface area (Å²) in [7, 11) is 0. The van der Waals surface area contributed by atoms with E-state index in [9.17, 15) is 19.8 Å². The van der Waals surface area contributed by atoms with Gasteiger partial charge < -0.3 is 14.6 Å². The van der Waals surface area contributed by atoms with E-state index in [0.717, 1.165) is 0 Å². The molecule has 2 heterocycles. The van der Waals surface area contributed by atoms with Crippen molar-refractivity contribution in [3.63, 3.8) is 0 Å². The molecule has 0 amide bonds. The Kier molecular flexibility index (Phi) is 2.50. The van der Waals surface area contributed by atoms with Crippen molar-refractivity contribution < 1.29 is 19.8 Å². The van der Waals surface area contributed by atoms with Gasteiger partial charge in [0.2, 0.25) is 0 Å². The molecule has 0 saturated heterocycles. The number of benzene rings is 1. The zero-order valence-corrected chi connectivity index (χ0v) is 10.6. The Morgan fingerprint density at radius 3 is 2.55 bits per heavy atom. The molecule has 3 aromatic rings. The Labute approximate surface area is 113 Å². The quantitative estimate of drug-likeness (QED) is 0.701. The molecule has 100 valence electrons. The number of carbonyl (C=O) groups is 2. The number of hydrogen-bond acceptors (Lipinski definition) is 3. The number of aromatic hydroxyl groups is 1. The van der Waals surface area contributed by atoms with Crippen molar-refractivity contribution in [2.75, 3.05) is 0 Å². The summed E-state index contributed by atoms with van der Waals surface area (Å²) >= 11 is 0. The fourth-order valence-electron chi connectivity index (χ4n) is 2.46. The Hall–Kier alpha value is -2.82. The molecule has 0 spiro atoms. The summed E-state index contributed by atoms with van der Waals surface area (Å²) in [5.74, 6) is -1.51. The van der Waals surface area contributed by atoms with E-state index in [2.05, 4.69) is 0 Å². The Balaban J connectivity index is 2.59. The van der Waals surface area contributed by atoms with Crippen LogP contribution in [-0.4, -0.2) is 26.4 Å². The predicted molar refractivity (Wildman–Crippen MR) is 73.5 cm³/mol. The lowest BCUT2D eigenvalue weighted by molar-refractivity contribution is 0.0700. The number of phenolic OH excluding ortho intramolecular Hbond substituents is 1. The molecule has 0 aliphatic carbocycles. The molecule has 0 bridgehead atoms. The second-order valence-corrected chi connectivity index (χ2v) is 4.58. The van der Waals surface area contributed by atoms with Crippen LogP contribution in [0.2, 0.25) is 0 Å². The molecule has 0 unspecified atom stereocenters. The Bertz CT molecular complexity index is 876. The van der Waals surface area contributed by atoms with Crippen LogP contribution in [0, 0.1) is 0 Å². The van der Waals surface area contributed by atoms with Crippen molar-refractivity contribution in [1.82, 2.24) is 4.40 Å². The highest BCUT2D eigenvalue weighted by molar-refractivity contribution is 6.14. The number of ketones is 1. The van der Waals surface area contributed by atoms with E-state index in [1.165, 1.54) is 13.0 Å². The minimum absolute atomic E-state index is 0.0354. The number of rotatable bonds is 2. The lowest BCUT2D eigenvalue weighted by Crippen LogP contribution is -1.96. The molecule has 0 aliphatic rings. The third-order valence-corrected chi connectivity index (χ3v) is 3.34. The van der Waals surface area contributed by atoms with Gasteiger partial charge >= 0.3 is 5.97 Å². The predicted octanol–water partition coefficient (Wildman–Crippen LogP) is 2.70. The smallest absolute Gasteiger partial charge is 0.338 e. The molecule has 1 aromatic carbocycles. The minimum atomic E-state index is -1.12. The number of carboxylic acid groups (broad SMARTS) is 1. The van der Waals surface area contributed by atoms with Crippen LogP contribution in [0.5, 0.6) is 5.75 Å². The standard InChI is InChI=1S/C15H11NO4/c1-8(17)9-6-11-13(12(18)7-9)14(15(19)20)10-4-2-3-5-16(10)11/h2-7,18H,1H3,(H,19,20). The summed E-state index contributed by atoms with van der Waals surface area (Å²) in [6, 6.07) is 8.04. The van der Waals surface area contributed by atoms with Crippen molar-refractivity contribution in [2.45, 2.75) is 6.92 Å². The van der Waals surface area contributed by atoms with Gasteiger partial charge in [0.25, 0.3) is 0 Å². The molecule has 0 radical (unpaired) electrons. The van der Waals surface area contributed by atoms with Crippen LogP contribution in [0.25, 0.3) is 16.4 Å². The summed E-state index contributed by atoms with van der Waals surface area (Å²) in [5, 5.41) is 19.7. The van der Waals surface area contributed by atoms with Gasteiger partial charge in [-0.15, -0.1) is 0 Å². The maximum atomic E-state index is 11.5. The van der Waals surface area contributed by atoms with Crippen molar-refractivity contribution in [1.29, 1.82) is 0 Å². The SMILES string of the molecule is CC(=O)c1cc(O)c2c(C(=O)O)c3ccccn3c2c1. The number of Topliss-reactive ketones (excluding diaryl/α,β-unsaturated/α-hetero) is 1. The molecule has 0 fully saturated rings. The van der Waals surface area contributed by atoms with E-state index in [0.29, 0.717) is 16.6 Å². The summed E-state index contributed by atoms with van der Waals surface area (Å²) in [6.07, 6.45) is 1.70. The van der Waals surface area contributed by atoms with E-state index in [4.69, 9.17) is 0 Å². The van der Waals surface area contributed by atoms with Crippen LogP contribution in [-0.2, 0) is 0 Å². The highest BCUT2D eigenvalue weighted by Gasteiger charge is 2.21. The zero-order valence-electron chi connectivity index (χ0n) is 10.6. The number of hydrogen-bond donors (Lipinski definition) is 2. The lowest BCUT2D eigenvalue weighted by atomic mass is 10.1. The average molecular weight is 269 g/mol. The van der Waals surface area contributed by atoms with Gasteiger partial charge in [0, 0.05) is 11.8 Å². The van der Waals surface area contributed by atoms with Crippen LogP contribution in [0.1, 0.15) is 27.6 Å². The number of aromatic carboxylic acids is 1. The minimum Gasteiger partial charge on any atom is -0.507 e. The first kappa shape index (κ1) is 12.2. The highest BCUT2D eigenvalue weighted by Crippen LogP contribution is 2.34. The number of phenols is 1. The Morgan fingerprint density at radius 1 is 1.15 bits per heavy atom. The van der Waals surface area contributed by atoms with Crippen LogP contribution < -0.4 is 0 Å². The van der Waals surface area contributed by atoms with Crippen LogP contribution in [0.3, 0.4) is 0 Å². The molecule has 0 saturated carbocycles. The molecule has 0 atom stereocenters. The molecular weight excluding hydrogens is 258 g/mol. The van der Waals surface area contributed by atoms with Gasteiger partial charge in [0.05, 0.1) is 22.0 Å². The van der Waals surface area contributed by atoms with Gasteiger partial charge in [-0.2, -0.15) is 0 Å². The zero-order chi connectivity index (χ0) is 14.4. The van der Waals surface area contributed by atoms with Gasteiger partial charge in [0.1, 0.15) is 5.75 Å². The fraction of sp³-hybridized carbons (Fsp3) is 0.0667. The maximum Gasteiger partial charge on any atom is 0.338 e. The fourth-order valence-corrected chi connectivity index (χ4v) is 2.46. The number of pyridine rings is 1. The van der Waals surface area contributed by atoms with Crippen LogP contribution >= 0.6 is 0 Å². The van der Waals surface area contributed by atoms with E-state index in [1.807, 2.05) is 0 Å². The monoisotopic (exact) mass is 269 g/mol. The van der Waals surface area contributed by atoms with Gasteiger partial charge in [-0.25, -0.2) is 4.79 Å². The molecule has 20 heavy (non-hydrogen) atoms. The average Bonchev–Trinajstić information content (AvgIpc) is 2.74. The number of carbonyl (C=O) groups excluding carboxylic acids is 1. The summed E-state index contributed by atoms with van der Waals surface area (Å²) in [4.78, 5) is 23.0. The van der Waals surface area contributed by atoms with Gasteiger partial charge in [-0.3, -0.25) is 4.79 Å². The molecule has 2 aromatic heterocycles. The normalized spacial score (nSPS) is 11.1. The summed E-state index contributed by atoms with van der Waals surface area (Å²) < 4.78 is 1.66. The van der Waals surface area contributed by atoms with Crippen molar-refractivity contribution in [3.8, 4) is 5.75 Å². The second kappa shape index (κ2) is 4.09. The third-order valence-electron chi connectivity index (χ3n) is 3.34. The van der Waals surface area contributed by atoms with E-state index in [-0.39, 0.29) is 22.5 Å². The second-order valence-electron chi connectivity index (χ2n) is 4.58. The van der Waals surface area contributed by atoms with Gasteiger partial charge in [0.15, 0.2) is 5.78 Å². The lowest BCUT2D eigenvalue weighted by Gasteiger charge is -2.01. The number of fused-ring (bicyclic) bond motifs is 3. The first-order valence-corrected chi connectivity index (χ1v) is 6.00.